The summed E-state index contributed by atoms with van der Waals surface area (Å²) in [6.45, 7) is 1.77. The normalized spacial score (nSPS) is 10.4. The largest absolute Gasteiger partial charge is 0.456 e. The molecule has 0 unspecified atom stereocenters. The van der Waals surface area contributed by atoms with E-state index in [1.807, 2.05) is 0 Å². The Hall–Kier alpha value is -3.15. The van der Waals surface area contributed by atoms with Crippen molar-refractivity contribution in [3.05, 3.63) is 77.9 Å². The van der Waals surface area contributed by atoms with Crippen molar-refractivity contribution in [3.8, 4) is 11.5 Å². The van der Waals surface area contributed by atoms with Gasteiger partial charge < -0.3 is 4.74 Å². The highest BCUT2D eigenvalue weighted by molar-refractivity contribution is 5.95. The van der Waals surface area contributed by atoms with Crippen molar-refractivity contribution in [2.75, 3.05) is 0 Å². The van der Waals surface area contributed by atoms with Gasteiger partial charge >= 0.3 is 0 Å². The molecule has 0 N–H and O–H groups in total. The molecule has 0 amide bonds. The van der Waals surface area contributed by atoms with Crippen LogP contribution in [-0.4, -0.2) is 20.7 Å². The van der Waals surface area contributed by atoms with Gasteiger partial charge in [-0.15, -0.1) is 0 Å². The topological polar surface area (TPSA) is 65.0 Å². The van der Waals surface area contributed by atoms with Gasteiger partial charge in [0.15, 0.2) is 5.78 Å². The minimum atomic E-state index is -0.425. The molecule has 5 nitrogen and oxygen atoms in total. The number of Topliss-reactive ketones (excluding diaryl/α,β-unsaturated/α-hetero) is 1. The number of aromatic nitrogens is 3. The van der Waals surface area contributed by atoms with Crippen LogP contribution in [0.25, 0.3) is 0 Å². The zero-order valence-electron chi connectivity index (χ0n) is 12.9. The molecule has 3 aromatic heterocycles. The fourth-order valence-electron chi connectivity index (χ4n) is 2.18. The second-order valence-corrected chi connectivity index (χ2v) is 5.19. The quantitative estimate of drug-likeness (QED) is 0.672. The first-order valence-electron chi connectivity index (χ1n) is 7.30. The lowest BCUT2D eigenvalue weighted by Crippen LogP contribution is -2.08. The van der Waals surface area contributed by atoms with Crippen LogP contribution >= 0.6 is 0 Å². The van der Waals surface area contributed by atoms with E-state index in [1.54, 1.807) is 43.6 Å². The van der Waals surface area contributed by atoms with Crippen LogP contribution in [0.5, 0.6) is 11.5 Å². The van der Waals surface area contributed by atoms with Crippen LogP contribution < -0.4 is 4.74 Å². The van der Waals surface area contributed by atoms with E-state index in [4.69, 9.17) is 4.74 Å². The average Bonchev–Trinajstić information content (AvgIpc) is 2.55. The molecule has 0 aliphatic rings. The van der Waals surface area contributed by atoms with E-state index in [1.165, 1.54) is 18.3 Å². The molecule has 0 aliphatic heterocycles. The van der Waals surface area contributed by atoms with Crippen LogP contribution in [0.4, 0.5) is 4.39 Å². The van der Waals surface area contributed by atoms with Gasteiger partial charge in [0.05, 0.1) is 18.3 Å². The predicted octanol–water partition coefficient (Wildman–Crippen LogP) is 3.54. The van der Waals surface area contributed by atoms with Crippen LogP contribution in [0.3, 0.4) is 0 Å². The molecule has 0 radical (unpaired) electrons. The summed E-state index contributed by atoms with van der Waals surface area (Å²) in [6, 6.07) is 9.28. The Labute approximate surface area is 138 Å². The van der Waals surface area contributed by atoms with Gasteiger partial charge in [-0.3, -0.25) is 14.8 Å². The second-order valence-electron chi connectivity index (χ2n) is 5.19. The third-order valence-corrected chi connectivity index (χ3v) is 3.20. The Bertz CT molecular complexity index is 869. The molecule has 0 saturated heterocycles. The summed E-state index contributed by atoms with van der Waals surface area (Å²) in [4.78, 5) is 24.6. The summed E-state index contributed by atoms with van der Waals surface area (Å²) in [7, 11) is 0. The van der Waals surface area contributed by atoms with Gasteiger partial charge in [0, 0.05) is 30.2 Å². The lowest BCUT2D eigenvalue weighted by atomic mass is 10.1. The van der Waals surface area contributed by atoms with Gasteiger partial charge in [0.1, 0.15) is 23.0 Å². The number of hydrogen-bond donors (Lipinski definition) is 0. The molecule has 0 fully saturated rings. The lowest BCUT2D eigenvalue weighted by molar-refractivity contribution is 0.0986. The number of ether oxygens (including phenoxy) is 1. The van der Waals surface area contributed by atoms with Crippen molar-refractivity contribution in [2.45, 2.75) is 13.3 Å². The fourth-order valence-corrected chi connectivity index (χ4v) is 2.18. The monoisotopic (exact) mass is 323 g/mol. The summed E-state index contributed by atoms with van der Waals surface area (Å²) in [5, 5.41) is 0. The Balaban J connectivity index is 1.81. The van der Waals surface area contributed by atoms with Crippen molar-refractivity contribution >= 4 is 5.78 Å². The van der Waals surface area contributed by atoms with Crippen molar-refractivity contribution in [2.24, 2.45) is 0 Å². The molecule has 0 aliphatic carbocycles. The summed E-state index contributed by atoms with van der Waals surface area (Å²) in [5.41, 5.74) is 1.25. The Morgan fingerprint density at radius 1 is 1.17 bits per heavy atom. The van der Waals surface area contributed by atoms with Gasteiger partial charge in [0.2, 0.25) is 0 Å². The molecule has 0 spiro atoms. The maximum Gasteiger partial charge on any atom is 0.187 e. The van der Waals surface area contributed by atoms with Gasteiger partial charge in [-0.1, -0.05) is 0 Å². The molecule has 3 aromatic rings. The molecule has 3 heterocycles. The maximum absolute atomic E-state index is 13.2. The standard InChI is InChI=1S/C18H14FN3O2/c1-12-7-16(24-15-3-2-5-20-11-15)10-17(22-12)18(23)9-14-8-13(19)4-6-21-14/h2-8,10-11H,9H2,1H3. The molecule has 24 heavy (non-hydrogen) atoms. The van der Waals surface area contributed by atoms with E-state index >= 15 is 0 Å². The third kappa shape index (κ3) is 3.98. The second kappa shape index (κ2) is 6.95. The first-order chi connectivity index (χ1) is 11.6. The number of hydrogen-bond acceptors (Lipinski definition) is 5. The summed E-state index contributed by atoms with van der Waals surface area (Å²) in [5.74, 6) is 0.373. The first kappa shape index (κ1) is 15.7. The van der Waals surface area contributed by atoms with Crippen LogP contribution in [0.1, 0.15) is 21.9 Å². The summed E-state index contributed by atoms with van der Waals surface area (Å²) in [6.07, 6.45) is 4.53. The van der Waals surface area contributed by atoms with E-state index in [0.717, 1.165) is 0 Å². The Morgan fingerprint density at radius 3 is 2.79 bits per heavy atom. The van der Waals surface area contributed by atoms with E-state index in [0.29, 0.717) is 22.9 Å². The van der Waals surface area contributed by atoms with E-state index in [-0.39, 0.29) is 17.9 Å². The van der Waals surface area contributed by atoms with Crippen molar-refractivity contribution in [3.63, 3.8) is 0 Å². The smallest absolute Gasteiger partial charge is 0.187 e. The number of carbonyl (C=O) groups is 1. The van der Waals surface area contributed by atoms with Gasteiger partial charge in [-0.05, 0) is 31.2 Å². The molecule has 0 saturated carbocycles. The molecule has 6 heteroatoms. The predicted molar refractivity (Wildman–Crippen MR) is 85.5 cm³/mol. The molecular formula is C18H14FN3O2. The van der Waals surface area contributed by atoms with E-state index < -0.39 is 5.82 Å². The van der Waals surface area contributed by atoms with Crippen LogP contribution in [0, 0.1) is 12.7 Å². The van der Waals surface area contributed by atoms with Crippen LogP contribution in [0.2, 0.25) is 0 Å². The van der Waals surface area contributed by atoms with E-state index in [9.17, 15) is 9.18 Å². The average molecular weight is 323 g/mol. The molecule has 120 valence electrons. The molecule has 0 aromatic carbocycles. The molecule has 0 bridgehead atoms. The zero-order valence-corrected chi connectivity index (χ0v) is 12.9. The summed E-state index contributed by atoms with van der Waals surface area (Å²) >= 11 is 0. The highest BCUT2D eigenvalue weighted by atomic mass is 19.1. The summed E-state index contributed by atoms with van der Waals surface area (Å²) < 4.78 is 18.9. The van der Waals surface area contributed by atoms with Gasteiger partial charge in [0.25, 0.3) is 0 Å². The number of rotatable bonds is 5. The number of ketones is 1. The molecule has 0 atom stereocenters. The van der Waals surface area contributed by atoms with Gasteiger partial charge in [-0.2, -0.15) is 0 Å². The number of nitrogens with zero attached hydrogens (tertiary/aromatic N) is 3. The number of carbonyl (C=O) groups excluding carboxylic acids is 1. The SMILES string of the molecule is Cc1cc(Oc2cccnc2)cc(C(=O)Cc2cc(F)ccn2)n1. The first-order valence-corrected chi connectivity index (χ1v) is 7.30. The van der Waals surface area contributed by atoms with Crippen LogP contribution in [0.15, 0.2) is 55.0 Å². The van der Waals surface area contributed by atoms with Crippen molar-refractivity contribution in [1.82, 2.24) is 15.0 Å². The Morgan fingerprint density at radius 2 is 2.04 bits per heavy atom. The zero-order chi connectivity index (χ0) is 16.9. The third-order valence-electron chi connectivity index (χ3n) is 3.20. The van der Waals surface area contributed by atoms with E-state index in [2.05, 4.69) is 15.0 Å². The Kier molecular flexibility index (Phi) is 4.56. The minimum Gasteiger partial charge on any atom is -0.456 e. The fraction of sp³-hybridized carbons (Fsp3) is 0.111. The molecule has 3 rings (SSSR count). The number of pyridine rings is 3. The minimum absolute atomic E-state index is 0.0272. The lowest BCUT2D eigenvalue weighted by Gasteiger charge is -2.08. The van der Waals surface area contributed by atoms with Crippen molar-refractivity contribution < 1.29 is 13.9 Å². The highest BCUT2D eigenvalue weighted by Crippen LogP contribution is 2.22. The van der Waals surface area contributed by atoms with Crippen LogP contribution in [-0.2, 0) is 6.42 Å². The van der Waals surface area contributed by atoms with Gasteiger partial charge in [-0.25, -0.2) is 9.37 Å². The highest BCUT2D eigenvalue weighted by Gasteiger charge is 2.13. The number of halogens is 1. The van der Waals surface area contributed by atoms with Crippen molar-refractivity contribution in [1.29, 1.82) is 0 Å². The maximum atomic E-state index is 13.2. The number of aryl methyl sites for hydroxylation is 1. The molecular weight excluding hydrogens is 309 g/mol.